The summed E-state index contributed by atoms with van der Waals surface area (Å²) >= 11 is 2.20. The first-order valence-corrected chi connectivity index (χ1v) is 7.06. The smallest absolute Gasteiger partial charge is 0.252 e. The van der Waals surface area contributed by atoms with Crippen LogP contribution in [0.4, 0.5) is 5.69 Å². The van der Waals surface area contributed by atoms with E-state index in [-0.39, 0.29) is 18.2 Å². The Morgan fingerprint density at radius 3 is 2.84 bits per heavy atom. The molecule has 0 aromatic heterocycles. The molecule has 2 amide bonds. The zero-order valence-corrected chi connectivity index (χ0v) is 12.7. The van der Waals surface area contributed by atoms with Crippen LogP contribution in [0.3, 0.4) is 0 Å². The van der Waals surface area contributed by atoms with E-state index in [2.05, 4.69) is 27.9 Å². The minimum atomic E-state index is -0.664. The van der Waals surface area contributed by atoms with Crippen LogP contribution in [-0.2, 0) is 14.3 Å². The van der Waals surface area contributed by atoms with Gasteiger partial charge >= 0.3 is 0 Å². The van der Waals surface area contributed by atoms with Gasteiger partial charge in [-0.1, -0.05) is 0 Å². The Balaban J connectivity index is 1.90. The molecule has 0 spiro atoms. The van der Waals surface area contributed by atoms with Crippen LogP contribution in [0.25, 0.3) is 0 Å². The van der Waals surface area contributed by atoms with Gasteiger partial charge in [-0.25, -0.2) is 0 Å². The molecule has 2 rings (SSSR count). The molecule has 19 heavy (non-hydrogen) atoms. The van der Waals surface area contributed by atoms with Crippen molar-refractivity contribution in [2.24, 2.45) is 0 Å². The average molecular weight is 374 g/mol. The maximum atomic E-state index is 11.9. The third-order valence-electron chi connectivity index (χ3n) is 2.90. The summed E-state index contributed by atoms with van der Waals surface area (Å²) in [5.41, 5.74) is 0.724. The Morgan fingerprint density at radius 1 is 1.47 bits per heavy atom. The molecule has 1 aromatic rings. The largest absolute Gasteiger partial charge is 0.366 e. The Morgan fingerprint density at radius 2 is 2.16 bits per heavy atom. The first-order chi connectivity index (χ1) is 9.06. The number of benzene rings is 1. The summed E-state index contributed by atoms with van der Waals surface area (Å²) in [6.07, 6.45) is -0.614. The van der Waals surface area contributed by atoms with Crippen molar-refractivity contribution in [1.29, 1.82) is 0 Å². The number of halogens is 1. The molecule has 0 saturated carbocycles. The van der Waals surface area contributed by atoms with Gasteiger partial charge in [0.1, 0.15) is 6.10 Å². The second kappa shape index (κ2) is 6.33. The van der Waals surface area contributed by atoms with E-state index in [0.29, 0.717) is 13.2 Å². The lowest BCUT2D eigenvalue weighted by molar-refractivity contribution is -0.153. The number of likely N-dealkylation sites (N-methyl/N-ethyl adjacent to an activating group) is 1. The van der Waals surface area contributed by atoms with E-state index in [0.717, 1.165) is 9.26 Å². The molecule has 1 aromatic carbocycles. The number of hydrogen-bond donors (Lipinski definition) is 1. The minimum Gasteiger partial charge on any atom is -0.366 e. The number of ether oxygens (including phenoxy) is 1. The van der Waals surface area contributed by atoms with E-state index in [1.807, 2.05) is 24.3 Å². The van der Waals surface area contributed by atoms with Crippen LogP contribution in [0.2, 0.25) is 0 Å². The summed E-state index contributed by atoms with van der Waals surface area (Å²) in [5, 5.41) is 2.76. The van der Waals surface area contributed by atoms with Crippen LogP contribution in [-0.4, -0.2) is 43.0 Å². The normalized spacial score (nSPS) is 19.4. The number of rotatable bonds is 3. The number of morpholine rings is 1. The molecule has 0 radical (unpaired) electrons. The number of carbonyl (C=O) groups excluding carboxylic acids is 2. The molecule has 1 aliphatic rings. The van der Waals surface area contributed by atoms with E-state index >= 15 is 0 Å². The highest BCUT2D eigenvalue weighted by Gasteiger charge is 2.29. The highest BCUT2D eigenvalue weighted by atomic mass is 127. The standard InChI is InChI=1S/C13H15IN2O3/c1-16-6-7-19-11(13(16)18)8-12(17)15-10-4-2-9(14)3-5-10/h2-5,11H,6-8H2,1H3,(H,15,17)/t11-/m0/s1. The molecule has 0 bridgehead atoms. The van der Waals surface area contributed by atoms with Gasteiger partial charge in [-0.3, -0.25) is 9.59 Å². The number of nitrogens with zero attached hydrogens (tertiary/aromatic N) is 1. The maximum absolute atomic E-state index is 11.9. The van der Waals surface area contributed by atoms with Gasteiger partial charge in [0.15, 0.2) is 0 Å². The molecular weight excluding hydrogens is 359 g/mol. The van der Waals surface area contributed by atoms with Crippen LogP contribution in [0.5, 0.6) is 0 Å². The molecule has 0 unspecified atom stereocenters. The summed E-state index contributed by atoms with van der Waals surface area (Å²) in [7, 11) is 1.72. The SMILES string of the molecule is CN1CCO[C@@H](CC(=O)Nc2ccc(I)cc2)C1=O. The van der Waals surface area contributed by atoms with Gasteiger partial charge < -0.3 is 15.0 Å². The van der Waals surface area contributed by atoms with Gasteiger partial charge in [0, 0.05) is 22.8 Å². The Labute approximate surface area is 125 Å². The summed E-state index contributed by atoms with van der Waals surface area (Å²) in [6.45, 7) is 1.05. The van der Waals surface area contributed by atoms with Crippen molar-refractivity contribution < 1.29 is 14.3 Å². The Hall–Kier alpha value is -1.15. The average Bonchev–Trinajstić information content (AvgIpc) is 2.38. The van der Waals surface area contributed by atoms with E-state index in [4.69, 9.17) is 4.74 Å². The van der Waals surface area contributed by atoms with Gasteiger partial charge in [0.05, 0.1) is 13.0 Å². The Bertz CT molecular complexity index is 475. The van der Waals surface area contributed by atoms with Crippen molar-refractivity contribution in [3.8, 4) is 0 Å². The number of anilines is 1. The first kappa shape index (κ1) is 14.3. The van der Waals surface area contributed by atoms with Gasteiger partial charge in [-0.2, -0.15) is 0 Å². The molecular formula is C13H15IN2O3. The zero-order chi connectivity index (χ0) is 13.8. The highest BCUT2D eigenvalue weighted by Crippen LogP contribution is 2.13. The predicted molar refractivity (Wildman–Crippen MR) is 79.8 cm³/mol. The van der Waals surface area contributed by atoms with Gasteiger partial charge in [-0.15, -0.1) is 0 Å². The Kier molecular flexibility index (Phi) is 4.76. The highest BCUT2D eigenvalue weighted by molar-refractivity contribution is 14.1. The fourth-order valence-electron chi connectivity index (χ4n) is 1.82. The predicted octanol–water partition coefficient (Wildman–Crippen LogP) is 1.48. The van der Waals surface area contributed by atoms with Crippen molar-refractivity contribution >= 4 is 40.1 Å². The fourth-order valence-corrected chi connectivity index (χ4v) is 2.18. The van der Waals surface area contributed by atoms with Crippen LogP contribution < -0.4 is 5.32 Å². The van der Waals surface area contributed by atoms with Crippen molar-refractivity contribution in [2.75, 3.05) is 25.5 Å². The van der Waals surface area contributed by atoms with Gasteiger partial charge in [0.2, 0.25) is 5.91 Å². The molecule has 1 atom stereocenters. The second-order valence-corrected chi connectivity index (χ2v) is 5.62. The lowest BCUT2D eigenvalue weighted by atomic mass is 10.2. The number of nitrogens with one attached hydrogen (secondary N) is 1. The first-order valence-electron chi connectivity index (χ1n) is 5.98. The molecule has 1 fully saturated rings. The molecule has 5 nitrogen and oxygen atoms in total. The van der Waals surface area contributed by atoms with E-state index in [9.17, 15) is 9.59 Å². The quantitative estimate of drug-likeness (QED) is 0.816. The molecule has 6 heteroatoms. The van der Waals surface area contributed by atoms with Crippen LogP contribution in [0.15, 0.2) is 24.3 Å². The van der Waals surface area contributed by atoms with Crippen LogP contribution in [0, 0.1) is 3.57 Å². The van der Waals surface area contributed by atoms with Crippen LogP contribution >= 0.6 is 22.6 Å². The van der Waals surface area contributed by atoms with E-state index in [1.165, 1.54) is 0 Å². The number of carbonyl (C=O) groups is 2. The van der Waals surface area contributed by atoms with Crippen LogP contribution in [0.1, 0.15) is 6.42 Å². The number of hydrogen-bond acceptors (Lipinski definition) is 3. The molecule has 1 heterocycles. The fraction of sp³-hybridized carbons (Fsp3) is 0.385. The molecule has 1 saturated heterocycles. The molecule has 0 aliphatic carbocycles. The summed E-state index contributed by atoms with van der Waals surface area (Å²) < 4.78 is 6.43. The number of amides is 2. The van der Waals surface area contributed by atoms with E-state index in [1.54, 1.807) is 11.9 Å². The third-order valence-corrected chi connectivity index (χ3v) is 3.62. The topological polar surface area (TPSA) is 58.6 Å². The molecule has 102 valence electrons. The van der Waals surface area contributed by atoms with E-state index < -0.39 is 6.10 Å². The lowest BCUT2D eigenvalue weighted by Gasteiger charge is -2.29. The monoisotopic (exact) mass is 374 g/mol. The minimum absolute atomic E-state index is 0.0508. The van der Waals surface area contributed by atoms with Crippen molar-refractivity contribution in [3.05, 3.63) is 27.8 Å². The van der Waals surface area contributed by atoms with Gasteiger partial charge in [-0.05, 0) is 46.9 Å². The van der Waals surface area contributed by atoms with Crippen molar-refractivity contribution in [3.63, 3.8) is 0 Å². The zero-order valence-electron chi connectivity index (χ0n) is 10.6. The summed E-state index contributed by atoms with van der Waals surface area (Å²) in [6, 6.07) is 7.48. The van der Waals surface area contributed by atoms with Crippen molar-refractivity contribution in [2.45, 2.75) is 12.5 Å². The lowest BCUT2D eigenvalue weighted by Crippen LogP contribution is -2.46. The van der Waals surface area contributed by atoms with Crippen molar-refractivity contribution in [1.82, 2.24) is 4.90 Å². The second-order valence-electron chi connectivity index (χ2n) is 4.38. The summed E-state index contributed by atoms with van der Waals surface area (Å²) in [5.74, 6) is -0.348. The molecule has 1 N–H and O–H groups in total. The van der Waals surface area contributed by atoms with Gasteiger partial charge in [0.25, 0.3) is 5.91 Å². The molecule has 1 aliphatic heterocycles. The third kappa shape index (κ3) is 3.90. The maximum Gasteiger partial charge on any atom is 0.252 e. The summed E-state index contributed by atoms with van der Waals surface area (Å²) in [4.78, 5) is 25.2.